The van der Waals surface area contributed by atoms with E-state index in [1.807, 2.05) is 11.3 Å². The van der Waals surface area contributed by atoms with Gasteiger partial charge in [-0.15, -0.1) is 11.3 Å². The van der Waals surface area contributed by atoms with Gasteiger partial charge in [-0.25, -0.2) is 0 Å². The highest BCUT2D eigenvalue weighted by molar-refractivity contribution is 7.09. The maximum Gasteiger partial charge on any atom is 0.0328 e. The van der Waals surface area contributed by atoms with Crippen LogP contribution in [0.25, 0.3) is 0 Å². The van der Waals surface area contributed by atoms with Crippen LogP contribution in [-0.2, 0) is 6.54 Å². The van der Waals surface area contributed by atoms with Crippen molar-refractivity contribution in [1.29, 1.82) is 0 Å². The SMILES string of the molecule is CCN(Cc1cccs1)CC1(N)CCC1. The van der Waals surface area contributed by atoms with E-state index in [4.69, 9.17) is 5.73 Å². The first-order chi connectivity index (χ1) is 7.22. The zero-order chi connectivity index (χ0) is 10.7. The predicted octanol–water partition coefficient (Wildman–Crippen LogP) is 2.45. The van der Waals surface area contributed by atoms with Crippen molar-refractivity contribution in [3.63, 3.8) is 0 Å². The Morgan fingerprint density at radius 1 is 1.53 bits per heavy atom. The monoisotopic (exact) mass is 224 g/mol. The van der Waals surface area contributed by atoms with Gasteiger partial charge in [-0.3, -0.25) is 4.90 Å². The molecule has 15 heavy (non-hydrogen) atoms. The highest BCUT2D eigenvalue weighted by Crippen LogP contribution is 2.30. The molecule has 3 heteroatoms. The first kappa shape index (κ1) is 11.1. The lowest BCUT2D eigenvalue weighted by molar-refractivity contribution is 0.145. The van der Waals surface area contributed by atoms with E-state index in [2.05, 4.69) is 29.3 Å². The molecule has 2 N–H and O–H groups in total. The zero-order valence-corrected chi connectivity index (χ0v) is 10.2. The summed E-state index contributed by atoms with van der Waals surface area (Å²) in [6, 6.07) is 4.33. The molecule has 0 bridgehead atoms. The molecule has 1 aliphatic carbocycles. The van der Waals surface area contributed by atoms with Gasteiger partial charge in [0.25, 0.3) is 0 Å². The van der Waals surface area contributed by atoms with Crippen molar-refractivity contribution in [2.75, 3.05) is 13.1 Å². The molecule has 0 saturated heterocycles. The maximum atomic E-state index is 6.27. The van der Waals surface area contributed by atoms with Gasteiger partial charge in [0, 0.05) is 23.5 Å². The van der Waals surface area contributed by atoms with Crippen molar-refractivity contribution < 1.29 is 0 Å². The summed E-state index contributed by atoms with van der Waals surface area (Å²) in [5, 5.41) is 2.14. The second kappa shape index (κ2) is 4.64. The van der Waals surface area contributed by atoms with Crippen LogP contribution in [0.5, 0.6) is 0 Å². The van der Waals surface area contributed by atoms with E-state index < -0.39 is 0 Å². The number of rotatable bonds is 5. The summed E-state index contributed by atoms with van der Waals surface area (Å²) in [5.74, 6) is 0. The number of likely N-dealkylation sites (N-methyl/N-ethyl adjacent to an activating group) is 1. The normalized spacial score (nSPS) is 19.1. The van der Waals surface area contributed by atoms with Gasteiger partial charge >= 0.3 is 0 Å². The van der Waals surface area contributed by atoms with Crippen LogP contribution in [0.1, 0.15) is 31.1 Å². The van der Waals surface area contributed by atoms with Crippen molar-refractivity contribution >= 4 is 11.3 Å². The molecule has 2 nitrogen and oxygen atoms in total. The third kappa shape index (κ3) is 2.80. The van der Waals surface area contributed by atoms with E-state index in [0.717, 1.165) is 19.6 Å². The second-order valence-electron chi connectivity index (χ2n) is 4.60. The summed E-state index contributed by atoms with van der Waals surface area (Å²) < 4.78 is 0. The van der Waals surface area contributed by atoms with E-state index in [1.54, 1.807) is 0 Å². The summed E-state index contributed by atoms with van der Waals surface area (Å²) in [7, 11) is 0. The molecule has 1 saturated carbocycles. The zero-order valence-electron chi connectivity index (χ0n) is 9.41. The molecule has 84 valence electrons. The molecule has 2 rings (SSSR count). The van der Waals surface area contributed by atoms with E-state index in [1.165, 1.54) is 24.1 Å². The lowest BCUT2D eigenvalue weighted by Crippen LogP contribution is -2.54. The van der Waals surface area contributed by atoms with Gasteiger partial charge < -0.3 is 5.73 Å². The average Bonchev–Trinajstić information content (AvgIpc) is 2.67. The third-order valence-electron chi connectivity index (χ3n) is 3.29. The van der Waals surface area contributed by atoms with Crippen molar-refractivity contribution in [3.8, 4) is 0 Å². The van der Waals surface area contributed by atoms with Crippen LogP contribution in [0, 0.1) is 0 Å². The van der Waals surface area contributed by atoms with Crippen LogP contribution in [-0.4, -0.2) is 23.5 Å². The maximum absolute atomic E-state index is 6.27. The molecule has 0 unspecified atom stereocenters. The van der Waals surface area contributed by atoms with Crippen molar-refractivity contribution in [3.05, 3.63) is 22.4 Å². The smallest absolute Gasteiger partial charge is 0.0328 e. The van der Waals surface area contributed by atoms with Crippen LogP contribution < -0.4 is 5.73 Å². The van der Waals surface area contributed by atoms with Gasteiger partial charge in [0.05, 0.1) is 0 Å². The van der Waals surface area contributed by atoms with E-state index in [9.17, 15) is 0 Å². The lowest BCUT2D eigenvalue weighted by Gasteiger charge is -2.41. The van der Waals surface area contributed by atoms with Crippen molar-refractivity contribution in [2.24, 2.45) is 5.73 Å². The van der Waals surface area contributed by atoms with E-state index in [0.29, 0.717) is 0 Å². The molecule has 0 radical (unpaired) electrons. The average molecular weight is 224 g/mol. The van der Waals surface area contributed by atoms with Crippen LogP contribution in [0.15, 0.2) is 17.5 Å². The van der Waals surface area contributed by atoms with Crippen LogP contribution in [0.3, 0.4) is 0 Å². The summed E-state index contributed by atoms with van der Waals surface area (Å²) in [6.07, 6.45) is 3.72. The Kier molecular flexibility index (Phi) is 3.44. The van der Waals surface area contributed by atoms with Crippen LogP contribution in [0.2, 0.25) is 0 Å². The molecular formula is C12H20N2S. The van der Waals surface area contributed by atoms with Gasteiger partial charge in [-0.1, -0.05) is 13.0 Å². The molecule has 1 aromatic heterocycles. The number of thiophene rings is 1. The molecule has 0 atom stereocenters. The fourth-order valence-electron chi connectivity index (χ4n) is 2.14. The Balaban J connectivity index is 1.87. The Morgan fingerprint density at radius 2 is 2.33 bits per heavy atom. The molecule has 0 amide bonds. The molecule has 0 aliphatic heterocycles. The number of nitrogens with two attached hydrogens (primary N) is 1. The Morgan fingerprint density at radius 3 is 2.80 bits per heavy atom. The highest BCUT2D eigenvalue weighted by atomic mass is 32.1. The minimum Gasteiger partial charge on any atom is -0.324 e. The fraction of sp³-hybridized carbons (Fsp3) is 0.667. The summed E-state index contributed by atoms with van der Waals surface area (Å²) in [4.78, 5) is 3.91. The molecular weight excluding hydrogens is 204 g/mol. The van der Waals surface area contributed by atoms with Gasteiger partial charge in [0.1, 0.15) is 0 Å². The standard InChI is InChI=1S/C12H20N2S/c1-2-14(9-11-5-3-8-15-11)10-12(13)6-4-7-12/h3,5,8H,2,4,6-7,9-10,13H2,1H3. The fourth-order valence-corrected chi connectivity index (χ4v) is 2.88. The summed E-state index contributed by atoms with van der Waals surface area (Å²) >= 11 is 1.84. The first-order valence-corrected chi connectivity index (χ1v) is 6.63. The van der Waals surface area contributed by atoms with Gasteiger partial charge in [-0.2, -0.15) is 0 Å². The van der Waals surface area contributed by atoms with Gasteiger partial charge in [-0.05, 0) is 37.3 Å². The Hall–Kier alpha value is -0.380. The van der Waals surface area contributed by atoms with Crippen LogP contribution in [0.4, 0.5) is 0 Å². The molecule has 1 aromatic rings. The summed E-state index contributed by atoms with van der Waals surface area (Å²) in [5.41, 5.74) is 6.39. The van der Waals surface area contributed by atoms with Gasteiger partial charge in [0.2, 0.25) is 0 Å². The quantitative estimate of drug-likeness (QED) is 0.832. The third-order valence-corrected chi connectivity index (χ3v) is 4.16. The lowest BCUT2D eigenvalue weighted by atomic mass is 9.77. The molecule has 1 fully saturated rings. The van der Waals surface area contributed by atoms with Crippen LogP contribution >= 0.6 is 11.3 Å². The van der Waals surface area contributed by atoms with Crippen molar-refractivity contribution in [1.82, 2.24) is 4.90 Å². The molecule has 0 aromatic carbocycles. The summed E-state index contributed by atoms with van der Waals surface area (Å²) in [6.45, 7) is 5.43. The predicted molar refractivity (Wildman–Crippen MR) is 66.0 cm³/mol. The number of hydrogen-bond acceptors (Lipinski definition) is 3. The van der Waals surface area contributed by atoms with E-state index in [-0.39, 0.29) is 5.54 Å². The topological polar surface area (TPSA) is 29.3 Å². The first-order valence-electron chi connectivity index (χ1n) is 5.75. The number of nitrogens with zero attached hydrogens (tertiary/aromatic N) is 1. The minimum atomic E-state index is 0.118. The minimum absolute atomic E-state index is 0.118. The van der Waals surface area contributed by atoms with Gasteiger partial charge in [0.15, 0.2) is 0 Å². The second-order valence-corrected chi connectivity index (χ2v) is 5.63. The molecule has 0 spiro atoms. The number of hydrogen-bond donors (Lipinski definition) is 1. The van der Waals surface area contributed by atoms with E-state index >= 15 is 0 Å². The van der Waals surface area contributed by atoms with Crippen molar-refractivity contribution in [2.45, 2.75) is 38.3 Å². The molecule has 1 aliphatic rings. The molecule has 1 heterocycles. The Bertz CT molecular complexity index is 291. The Labute approximate surface area is 96.1 Å². The largest absolute Gasteiger partial charge is 0.324 e. The highest BCUT2D eigenvalue weighted by Gasteiger charge is 2.33.